The molecule has 0 spiro atoms. The van der Waals surface area contributed by atoms with Crippen LogP contribution in [0.15, 0.2) is 12.7 Å². The van der Waals surface area contributed by atoms with Crippen molar-refractivity contribution in [2.75, 3.05) is 12.7 Å². The van der Waals surface area contributed by atoms with Crippen molar-refractivity contribution in [3.8, 4) is 0 Å². The lowest BCUT2D eigenvalue weighted by Crippen LogP contribution is -2.36. The van der Waals surface area contributed by atoms with Gasteiger partial charge in [-0.1, -0.05) is 25.7 Å². The second-order valence-corrected chi connectivity index (χ2v) is 8.96. The summed E-state index contributed by atoms with van der Waals surface area (Å²) in [6.07, 6.45) is 3.10. The van der Waals surface area contributed by atoms with E-state index >= 15 is 0 Å². The molecule has 0 heterocycles. The van der Waals surface area contributed by atoms with Crippen LogP contribution in [0.3, 0.4) is 0 Å². The van der Waals surface area contributed by atoms with Gasteiger partial charge in [-0.3, -0.25) is 0 Å². The van der Waals surface area contributed by atoms with Crippen molar-refractivity contribution < 1.29 is 0 Å². The van der Waals surface area contributed by atoms with Crippen LogP contribution in [0.4, 0.5) is 0 Å². The first-order chi connectivity index (χ1) is 4.06. The Morgan fingerprint density at radius 3 is 2.33 bits per heavy atom. The minimum atomic E-state index is -0.853. The Hall–Kier alpha value is -0.0831. The Morgan fingerprint density at radius 2 is 2.00 bits per heavy atom. The van der Waals surface area contributed by atoms with E-state index in [1.165, 1.54) is 6.17 Å². The zero-order chi connectivity index (χ0) is 7.33. The molecule has 0 aromatic carbocycles. The van der Waals surface area contributed by atoms with Crippen LogP contribution in [-0.4, -0.2) is 20.8 Å². The molecule has 0 unspecified atom stereocenters. The number of nitrogens with one attached hydrogen (secondary N) is 1. The highest BCUT2D eigenvalue weighted by atomic mass is 28.3. The summed E-state index contributed by atoms with van der Waals surface area (Å²) >= 11 is 0. The second-order valence-electron chi connectivity index (χ2n) is 3.48. The van der Waals surface area contributed by atoms with Crippen molar-refractivity contribution in [3.63, 3.8) is 0 Å². The molecule has 0 fully saturated rings. The minimum Gasteiger partial charge on any atom is -0.316 e. The van der Waals surface area contributed by atoms with Gasteiger partial charge in [0.25, 0.3) is 0 Å². The fourth-order valence-electron chi connectivity index (χ4n) is 0.549. The van der Waals surface area contributed by atoms with Crippen LogP contribution in [0.5, 0.6) is 0 Å². The first kappa shape index (κ1) is 8.92. The van der Waals surface area contributed by atoms with Gasteiger partial charge in [0.2, 0.25) is 0 Å². The van der Waals surface area contributed by atoms with E-state index in [1.54, 1.807) is 0 Å². The quantitative estimate of drug-likeness (QED) is 0.358. The van der Waals surface area contributed by atoms with E-state index in [-0.39, 0.29) is 0 Å². The van der Waals surface area contributed by atoms with Gasteiger partial charge in [-0.2, -0.15) is 0 Å². The lowest BCUT2D eigenvalue weighted by molar-refractivity contribution is 0.866. The monoisotopic (exact) mass is 143 g/mol. The van der Waals surface area contributed by atoms with E-state index in [1.807, 2.05) is 6.08 Å². The smallest absolute Gasteiger partial charge is 0.0596 e. The maximum Gasteiger partial charge on any atom is 0.0596 e. The first-order valence-corrected chi connectivity index (χ1v) is 7.08. The van der Waals surface area contributed by atoms with Crippen molar-refractivity contribution in [3.05, 3.63) is 12.7 Å². The largest absolute Gasteiger partial charge is 0.316 e. The number of rotatable bonds is 4. The Labute approximate surface area is 59.2 Å². The highest BCUT2D eigenvalue weighted by Crippen LogP contribution is 1.95. The third-order valence-electron chi connectivity index (χ3n) is 0.944. The van der Waals surface area contributed by atoms with Crippen LogP contribution in [0, 0.1) is 0 Å². The van der Waals surface area contributed by atoms with Crippen LogP contribution < -0.4 is 5.32 Å². The van der Waals surface area contributed by atoms with E-state index in [4.69, 9.17) is 0 Å². The number of hydrogen-bond donors (Lipinski definition) is 1. The van der Waals surface area contributed by atoms with Gasteiger partial charge in [0.1, 0.15) is 0 Å². The molecule has 2 heteroatoms. The van der Waals surface area contributed by atoms with Crippen LogP contribution in [0.25, 0.3) is 0 Å². The highest BCUT2D eigenvalue weighted by molar-refractivity contribution is 6.76. The Kier molecular flexibility index (Phi) is 3.82. The molecule has 1 N–H and O–H groups in total. The molecular formula is C7H17NSi. The molecule has 0 saturated carbocycles. The summed E-state index contributed by atoms with van der Waals surface area (Å²) in [5, 5.41) is 3.32. The van der Waals surface area contributed by atoms with Gasteiger partial charge in [0.15, 0.2) is 0 Å². The molecule has 0 bridgehead atoms. The average molecular weight is 143 g/mol. The van der Waals surface area contributed by atoms with Crippen molar-refractivity contribution in [1.29, 1.82) is 0 Å². The molecule has 1 nitrogen and oxygen atoms in total. The normalized spacial score (nSPS) is 11.4. The molecule has 9 heavy (non-hydrogen) atoms. The summed E-state index contributed by atoms with van der Waals surface area (Å²) in [5.74, 6) is 0. The summed E-state index contributed by atoms with van der Waals surface area (Å²) in [5.41, 5.74) is 0. The molecule has 54 valence electrons. The SMILES string of the molecule is C=CCNC[Si](C)(C)C. The lowest BCUT2D eigenvalue weighted by Gasteiger charge is -2.15. The highest BCUT2D eigenvalue weighted by Gasteiger charge is 2.10. The van der Waals surface area contributed by atoms with Crippen molar-refractivity contribution in [2.45, 2.75) is 19.6 Å². The molecule has 0 aliphatic heterocycles. The molecule has 0 atom stereocenters. The van der Waals surface area contributed by atoms with Gasteiger partial charge < -0.3 is 5.32 Å². The van der Waals surface area contributed by atoms with Gasteiger partial charge in [0, 0.05) is 6.54 Å². The van der Waals surface area contributed by atoms with Crippen molar-refractivity contribution in [2.24, 2.45) is 0 Å². The Morgan fingerprint density at radius 1 is 1.44 bits per heavy atom. The van der Waals surface area contributed by atoms with Crippen molar-refractivity contribution >= 4 is 8.07 Å². The first-order valence-electron chi connectivity index (χ1n) is 3.38. The summed E-state index contributed by atoms with van der Waals surface area (Å²) in [6.45, 7) is 11.6. The molecule has 0 saturated heterocycles. The van der Waals surface area contributed by atoms with Crippen molar-refractivity contribution in [1.82, 2.24) is 5.32 Å². The fourth-order valence-corrected chi connectivity index (χ4v) is 1.44. The maximum atomic E-state index is 3.63. The van der Waals surface area contributed by atoms with E-state index in [0.29, 0.717) is 0 Å². The predicted molar refractivity (Wildman–Crippen MR) is 46.4 cm³/mol. The molecular weight excluding hydrogens is 126 g/mol. The van der Waals surface area contributed by atoms with E-state index in [0.717, 1.165) is 6.54 Å². The minimum absolute atomic E-state index is 0.853. The van der Waals surface area contributed by atoms with Gasteiger partial charge in [0.05, 0.1) is 8.07 Å². The fraction of sp³-hybridized carbons (Fsp3) is 0.714. The lowest BCUT2D eigenvalue weighted by atomic mass is 10.6. The van der Waals surface area contributed by atoms with E-state index in [2.05, 4.69) is 31.5 Å². The third kappa shape index (κ3) is 7.92. The van der Waals surface area contributed by atoms with Gasteiger partial charge >= 0.3 is 0 Å². The van der Waals surface area contributed by atoms with E-state index in [9.17, 15) is 0 Å². The number of hydrogen-bond acceptors (Lipinski definition) is 1. The predicted octanol–water partition coefficient (Wildman–Crippen LogP) is 1.64. The summed E-state index contributed by atoms with van der Waals surface area (Å²) in [4.78, 5) is 0. The third-order valence-corrected chi connectivity index (χ3v) is 2.25. The van der Waals surface area contributed by atoms with Crippen LogP contribution in [0.2, 0.25) is 19.6 Å². The summed E-state index contributed by atoms with van der Waals surface area (Å²) in [6, 6.07) is 0. The van der Waals surface area contributed by atoms with Gasteiger partial charge in [-0.25, -0.2) is 0 Å². The Bertz CT molecular complexity index is 83.4. The molecule has 0 aromatic rings. The molecule has 0 rings (SSSR count). The maximum absolute atomic E-state index is 3.63. The topological polar surface area (TPSA) is 12.0 Å². The van der Waals surface area contributed by atoms with Gasteiger partial charge in [-0.15, -0.1) is 6.58 Å². The van der Waals surface area contributed by atoms with Gasteiger partial charge in [-0.05, 0) is 6.17 Å². The van der Waals surface area contributed by atoms with Crippen LogP contribution in [-0.2, 0) is 0 Å². The van der Waals surface area contributed by atoms with Crippen LogP contribution >= 0.6 is 0 Å². The second kappa shape index (κ2) is 3.85. The zero-order valence-electron chi connectivity index (χ0n) is 6.70. The summed E-state index contributed by atoms with van der Waals surface area (Å²) in [7, 11) is -0.853. The summed E-state index contributed by atoms with van der Waals surface area (Å²) < 4.78 is 0. The molecule has 0 aliphatic rings. The van der Waals surface area contributed by atoms with E-state index < -0.39 is 8.07 Å². The molecule has 0 radical (unpaired) electrons. The zero-order valence-corrected chi connectivity index (χ0v) is 7.70. The molecule has 0 aromatic heterocycles. The average Bonchev–Trinajstić information content (AvgIpc) is 1.63. The molecule has 0 amide bonds. The molecule has 0 aliphatic carbocycles. The standard InChI is InChI=1S/C7H17NSi/c1-5-6-8-7-9(2,3)4/h5,8H,1,6-7H2,2-4H3. The Balaban J connectivity index is 3.17. The van der Waals surface area contributed by atoms with Crippen LogP contribution in [0.1, 0.15) is 0 Å².